The van der Waals surface area contributed by atoms with E-state index in [1.165, 1.54) is 18.4 Å². The van der Waals surface area contributed by atoms with Gasteiger partial charge in [-0.2, -0.15) is 0 Å². The Hall–Kier alpha value is -0.410. The molecule has 1 aromatic rings. The molecule has 96 valence electrons. The third kappa shape index (κ3) is 5.17. The van der Waals surface area contributed by atoms with Gasteiger partial charge in [-0.25, -0.2) is 0 Å². The van der Waals surface area contributed by atoms with Crippen molar-refractivity contribution in [3.05, 3.63) is 28.5 Å². The predicted molar refractivity (Wildman–Crippen MR) is 77.2 cm³/mol. The highest BCUT2D eigenvalue weighted by Crippen LogP contribution is 2.18. The molecule has 0 aliphatic rings. The molecule has 0 aliphatic carbocycles. The first-order valence-electron chi connectivity index (χ1n) is 6.50. The summed E-state index contributed by atoms with van der Waals surface area (Å²) in [5, 5.41) is 3.59. The molecular weight excluding hydrogens is 276 g/mol. The normalized spacial score (nSPS) is 14.6. The summed E-state index contributed by atoms with van der Waals surface area (Å²) in [6.07, 6.45) is 7.30. The highest BCUT2D eigenvalue weighted by molar-refractivity contribution is 9.10. The number of nitrogens with zero attached hydrogens (tertiary/aromatic N) is 1. The van der Waals surface area contributed by atoms with Gasteiger partial charge in [-0.15, -0.1) is 0 Å². The first-order valence-corrected chi connectivity index (χ1v) is 7.29. The molecule has 1 aromatic heterocycles. The lowest BCUT2D eigenvalue weighted by molar-refractivity contribution is 0.362. The molecule has 0 spiro atoms. The van der Waals surface area contributed by atoms with Crippen molar-refractivity contribution >= 4 is 15.9 Å². The molecule has 0 aromatic carbocycles. The van der Waals surface area contributed by atoms with Crippen LogP contribution in [0.3, 0.4) is 0 Å². The Bertz CT molecular complexity index is 328. The largest absolute Gasteiger partial charge is 0.314 e. The van der Waals surface area contributed by atoms with Gasteiger partial charge in [0.15, 0.2) is 0 Å². The van der Waals surface area contributed by atoms with Gasteiger partial charge in [0.25, 0.3) is 0 Å². The van der Waals surface area contributed by atoms with Gasteiger partial charge in [0.05, 0.1) is 0 Å². The zero-order valence-electron chi connectivity index (χ0n) is 11.0. The monoisotopic (exact) mass is 298 g/mol. The van der Waals surface area contributed by atoms with Crippen LogP contribution in [0.15, 0.2) is 22.9 Å². The van der Waals surface area contributed by atoms with E-state index in [0.717, 1.165) is 17.4 Å². The summed E-state index contributed by atoms with van der Waals surface area (Å²) >= 11 is 3.47. The van der Waals surface area contributed by atoms with Crippen LogP contribution in [0.1, 0.15) is 39.2 Å². The fourth-order valence-electron chi connectivity index (χ4n) is 2.08. The van der Waals surface area contributed by atoms with Crippen LogP contribution in [0.25, 0.3) is 0 Å². The summed E-state index contributed by atoms with van der Waals surface area (Å²) in [6, 6.07) is 2.74. The SMILES string of the molecule is CCCNC(C)C(CC)Cc1cncc(Br)c1. The predicted octanol–water partition coefficient (Wildman–Crippen LogP) is 3.80. The van der Waals surface area contributed by atoms with Crippen LogP contribution in [0.2, 0.25) is 0 Å². The number of halogens is 1. The van der Waals surface area contributed by atoms with E-state index in [0.29, 0.717) is 12.0 Å². The Balaban J connectivity index is 2.56. The van der Waals surface area contributed by atoms with Crippen LogP contribution in [0, 0.1) is 5.92 Å². The van der Waals surface area contributed by atoms with E-state index in [1.54, 1.807) is 0 Å². The first kappa shape index (κ1) is 14.7. The van der Waals surface area contributed by atoms with E-state index < -0.39 is 0 Å². The van der Waals surface area contributed by atoms with Crippen LogP contribution >= 0.6 is 15.9 Å². The van der Waals surface area contributed by atoms with Crippen molar-refractivity contribution in [1.29, 1.82) is 0 Å². The van der Waals surface area contributed by atoms with Gasteiger partial charge in [0.1, 0.15) is 0 Å². The fraction of sp³-hybridized carbons (Fsp3) is 0.643. The quantitative estimate of drug-likeness (QED) is 0.828. The van der Waals surface area contributed by atoms with Crippen molar-refractivity contribution in [2.45, 2.75) is 46.1 Å². The molecule has 17 heavy (non-hydrogen) atoms. The molecule has 1 N–H and O–H groups in total. The van der Waals surface area contributed by atoms with Gasteiger partial charge in [-0.1, -0.05) is 20.3 Å². The Morgan fingerprint density at radius 1 is 1.35 bits per heavy atom. The molecule has 0 amide bonds. The molecule has 1 heterocycles. The fourth-order valence-corrected chi connectivity index (χ4v) is 2.50. The van der Waals surface area contributed by atoms with Gasteiger partial charge < -0.3 is 5.32 Å². The van der Waals surface area contributed by atoms with Crippen molar-refractivity contribution in [3.8, 4) is 0 Å². The van der Waals surface area contributed by atoms with Crippen molar-refractivity contribution in [2.24, 2.45) is 5.92 Å². The number of rotatable bonds is 7. The van der Waals surface area contributed by atoms with Gasteiger partial charge in [-0.05, 0) is 59.8 Å². The number of hydrogen-bond acceptors (Lipinski definition) is 2. The highest BCUT2D eigenvalue weighted by Gasteiger charge is 2.15. The number of nitrogens with one attached hydrogen (secondary N) is 1. The molecule has 0 aliphatic heterocycles. The summed E-state index contributed by atoms with van der Waals surface area (Å²) in [5.41, 5.74) is 1.32. The molecule has 2 atom stereocenters. The third-order valence-electron chi connectivity index (χ3n) is 3.21. The summed E-state index contributed by atoms with van der Waals surface area (Å²) in [5.74, 6) is 0.678. The number of pyridine rings is 1. The molecule has 0 radical (unpaired) electrons. The lowest BCUT2D eigenvalue weighted by Gasteiger charge is -2.23. The second kappa shape index (κ2) is 7.83. The van der Waals surface area contributed by atoms with Crippen molar-refractivity contribution in [1.82, 2.24) is 10.3 Å². The molecule has 0 saturated carbocycles. The maximum Gasteiger partial charge on any atom is 0.0410 e. The van der Waals surface area contributed by atoms with Crippen LogP contribution in [-0.4, -0.2) is 17.6 Å². The molecule has 1 rings (SSSR count). The van der Waals surface area contributed by atoms with Gasteiger partial charge in [-0.3, -0.25) is 4.98 Å². The van der Waals surface area contributed by atoms with E-state index in [2.05, 4.69) is 53.1 Å². The third-order valence-corrected chi connectivity index (χ3v) is 3.64. The van der Waals surface area contributed by atoms with E-state index in [4.69, 9.17) is 0 Å². The Morgan fingerprint density at radius 2 is 2.12 bits per heavy atom. The topological polar surface area (TPSA) is 24.9 Å². The van der Waals surface area contributed by atoms with Crippen LogP contribution in [0.4, 0.5) is 0 Å². The Labute approximate surface area is 113 Å². The van der Waals surface area contributed by atoms with Crippen LogP contribution in [-0.2, 0) is 6.42 Å². The molecule has 0 bridgehead atoms. The molecular formula is C14H23BrN2. The van der Waals surface area contributed by atoms with Crippen molar-refractivity contribution < 1.29 is 0 Å². The average Bonchev–Trinajstić information content (AvgIpc) is 2.33. The summed E-state index contributed by atoms with van der Waals surface area (Å²) < 4.78 is 1.07. The minimum atomic E-state index is 0.568. The number of aromatic nitrogens is 1. The van der Waals surface area contributed by atoms with Gasteiger partial charge in [0, 0.05) is 22.9 Å². The lowest BCUT2D eigenvalue weighted by Crippen LogP contribution is -2.34. The molecule has 0 fully saturated rings. The zero-order chi connectivity index (χ0) is 12.7. The van der Waals surface area contributed by atoms with Crippen LogP contribution < -0.4 is 5.32 Å². The van der Waals surface area contributed by atoms with Crippen molar-refractivity contribution in [3.63, 3.8) is 0 Å². The minimum absolute atomic E-state index is 0.568. The molecule has 2 unspecified atom stereocenters. The summed E-state index contributed by atoms with van der Waals surface area (Å²) in [7, 11) is 0. The maximum absolute atomic E-state index is 4.23. The highest BCUT2D eigenvalue weighted by atomic mass is 79.9. The number of hydrogen-bond donors (Lipinski definition) is 1. The van der Waals surface area contributed by atoms with Crippen molar-refractivity contribution in [2.75, 3.05) is 6.54 Å². The standard InChI is InChI=1S/C14H23BrN2/c1-4-6-17-11(3)13(5-2)7-12-8-14(15)10-16-9-12/h8-11,13,17H,4-7H2,1-3H3. The second-order valence-corrected chi connectivity index (χ2v) is 5.54. The summed E-state index contributed by atoms with van der Waals surface area (Å²) in [4.78, 5) is 4.23. The van der Waals surface area contributed by atoms with E-state index in [1.807, 2.05) is 12.4 Å². The molecule has 3 heteroatoms. The maximum atomic E-state index is 4.23. The summed E-state index contributed by atoms with van der Waals surface area (Å²) in [6.45, 7) is 7.86. The van der Waals surface area contributed by atoms with Gasteiger partial charge in [0.2, 0.25) is 0 Å². The first-order chi connectivity index (χ1) is 8.17. The van der Waals surface area contributed by atoms with E-state index in [9.17, 15) is 0 Å². The van der Waals surface area contributed by atoms with Crippen LogP contribution in [0.5, 0.6) is 0 Å². The molecule has 2 nitrogen and oxygen atoms in total. The minimum Gasteiger partial charge on any atom is -0.314 e. The van der Waals surface area contributed by atoms with E-state index >= 15 is 0 Å². The zero-order valence-corrected chi connectivity index (χ0v) is 12.6. The van der Waals surface area contributed by atoms with Gasteiger partial charge >= 0.3 is 0 Å². The lowest BCUT2D eigenvalue weighted by atomic mass is 9.91. The Morgan fingerprint density at radius 3 is 2.71 bits per heavy atom. The van der Waals surface area contributed by atoms with E-state index in [-0.39, 0.29) is 0 Å². The smallest absolute Gasteiger partial charge is 0.0410 e. The molecule has 0 saturated heterocycles. The average molecular weight is 299 g/mol. The Kier molecular flexibility index (Phi) is 6.75. The second-order valence-electron chi connectivity index (χ2n) is 4.63.